The molecule has 1 rings (SSSR count). The van der Waals surface area contributed by atoms with E-state index in [1.807, 2.05) is 27.1 Å². The van der Waals surface area contributed by atoms with Crippen LogP contribution in [0.4, 0.5) is 0 Å². The monoisotopic (exact) mass is 281 g/mol. The zero-order valence-electron chi connectivity index (χ0n) is 13.1. The number of carbonyl (C=O) groups excluding carboxylic acids is 2. The smallest absolute Gasteiger partial charge is 0.237 e. The quantitative estimate of drug-likeness (QED) is 0.784. The summed E-state index contributed by atoms with van der Waals surface area (Å²) in [4.78, 5) is 23.1. The van der Waals surface area contributed by atoms with Crippen LogP contribution < -0.4 is 11.1 Å². The maximum atomic E-state index is 12.0. The fourth-order valence-corrected chi connectivity index (χ4v) is 2.92. The fraction of sp³-hybridized carbons (Fsp3) is 0.875. The highest BCUT2D eigenvalue weighted by atomic mass is 16.2. The predicted octanol–water partition coefficient (Wildman–Crippen LogP) is 2.31. The van der Waals surface area contributed by atoms with Gasteiger partial charge in [0.2, 0.25) is 12.2 Å². The highest BCUT2D eigenvalue weighted by Crippen LogP contribution is 2.27. The Morgan fingerprint density at radius 3 is 2.40 bits per heavy atom. The van der Waals surface area contributed by atoms with Gasteiger partial charge in [-0.2, -0.15) is 0 Å². The maximum absolute atomic E-state index is 12.0. The van der Waals surface area contributed by atoms with Crippen LogP contribution in [-0.4, -0.2) is 24.3 Å². The Hall–Kier alpha value is -0.900. The molecule has 1 aliphatic carbocycles. The van der Waals surface area contributed by atoms with E-state index in [2.05, 4.69) is 5.32 Å². The maximum Gasteiger partial charge on any atom is 0.237 e. The molecule has 0 aromatic carbocycles. The Morgan fingerprint density at radius 2 is 1.90 bits per heavy atom. The lowest BCUT2D eigenvalue weighted by atomic mass is 9.84. The summed E-state index contributed by atoms with van der Waals surface area (Å²) in [6.45, 7) is 6.14. The van der Waals surface area contributed by atoms with E-state index in [-0.39, 0.29) is 11.3 Å². The van der Waals surface area contributed by atoms with Gasteiger partial charge in [-0.15, -0.1) is 0 Å². The summed E-state index contributed by atoms with van der Waals surface area (Å²) in [6.07, 6.45) is 9.33. The van der Waals surface area contributed by atoms with Crippen molar-refractivity contribution < 1.29 is 9.59 Å². The van der Waals surface area contributed by atoms with E-state index in [0.717, 1.165) is 12.8 Å². The van der Waals surface area contributed by atoms with E-state index in [4.69, 9.17) is 5.73 Å². The van der Waals surface area contributed by atoms with E-state index < -0.39 is 12.1 Å². The molecule has 1 radical (unpaired) electrons. The van der Waals surface area contributed by atoms with Crippen LogP contribution >= 0.6 is 0 Å². The standard InChI is InChI=1S/C16H29N2O2/c1-16(2,3)10-14(17)15(20)18-13(11-19)9-12-7-5-4-6-8-12/h12-14H,4-10,17H2,1-3H3,(H,18,20)/t13-,14-/m0/s1. The van der Waals surface area contributed by atoms with Crippen LogP contribution in [0.25, 0.3) is 0 Å². The van der Waals surface area contributed by atoms with Crippen molar-refractivity contribution in [2.75, 3.05) is 0 Å². The van der Waals surface area contributed by atoms with Crippen molar-refractivity contribution in [2.24, 2.45) is 17.1 Å². The summed E-state index contributed by atoms with van der Waals surface area (Å²) in [6, 6.07) is -1.06. The Balaban J connectivity index is 2.42. The second-order valence-corrected chi connectivity index (χ2v) is 7.29. The summed E-state index contributed by atoms with van der Waals surface area (Å²) in [5.41, 5.74) is 5.90. The molecule has 4 nitrogen and oxygen atoms in total. The van der Waals surface area contributed by atoms with Gasteiger partial charge in [0.1, 0.15) is 0 Å². The molecule has 1 fully saturated rings. The van der Waals surface area contributed by atoms with Crippen LogP contribution in [0.2, 0.25) is 0 Å². The first-order chi connectivity index (χ1) is 9.31. The molecule has 1 saturated carbocycles. The average Bonchev–Trinajstić information content (AvgIpc) is 2.37. The molecule has 0 aromatic rings. The van der Waals surface area contributed by atoms with Gasteiger partial charge in [0.15, 0.2) is 0 Å². The lowest BCUT2D eigenvalue weighted by Gasteiger charge is -2.26. The number of nitrogens with two attached hydrogens (primary N) is 1. The summed E-state index contributed by atoms with van der Waals surface area (Å²) in [5.74, 6) is 0.304. The molecule has 0 aromatic heterocycles. The van der Waals surface area contributed by atoms with Crippen LogP contribution in [0, 0.1) is 11.3 Å². The van der Waals surface area contributed by atoms with Gasteiger partial charge in [0.25, 0.3) is 0 Å². The third-order valence-corrected chi connectivity index (χ3v) is 3.92. The van der Waals surface area contributed by atoms with E-state index in [9.17, 15) is 9.59 Å². The van der Waals surface area contributed by atoms with E-state index in [0.29, 0.717) is 18.8 Å². The number of rotatable bonds is 6. The minimum absolute atomic E-state index is 0.000512. The van der Waals surface area contributed by atoms with Crippen molar-refractivity contribution in [1.82, 2.24) is 5.32 Å². The Kier molecular flexibility index (Phi) is 6.66. The number of carbonyl (C=O) groups is 1. The van der Waals surface area contributed by atoms with Crippen molar-refractivity contribution in [3.63, 3.8) is 0 Å². The molecule has 1 aliphatic rings. The van der Waals surface area contributed by atoms with E-state index >= 15 is 0 Å². The molecule has 0 bridgehead atoms. The third kappa shape index (κ3) is 6.51. The van der Waals surface area contributed by atoms with Crippen LogP contribution in [0.15, 0.2) is 0 Å². The van der Waals surface area contributed by atoms with Crippen molar-refractivity contribution in [1.29, 1.82) is 0 Å². The van der Waals surface area contributed by atoms with Gasteiger partial charge in [-0.3, -0.25) is 9.59 Å². The highest BCUT2D eigenvalue weighted by molar-refractivity contribution is 5.84. The predicted molar refractivity (Wildman–Crippen MR) is 80.9 cm³/mol. The van der Waals surface area contributed by atoms with Crippen LogP contribution in [0.1, 0.15) is 65.7 Å². The molecule has 3 N–H and O–H groups in total. The first-order valence-corrected chi connectivity index (χ1v) is 7.75. The molecule has 20 heavy (non-hydrogen) atoms. The Morgan fingerprint density at radius 1 is 1.30 bits per heavy atom. The van der Waals surface area contributed by atoms with Crippen LogP contribution in [0.3, 0.4) is 0 Å². The third-order valence-electron chi connectivity index (χ3n) is 3.92. The minimum Gasteiger partial charge on any atom is -0.344 e. The number of hydrogen-bond donors (Lipinski definition) is 2. The molecule has 0 unspecified atom stereocenters. The van der Waals surface area contributed by atoms with Gasteiger partial charge in [-0.05, 0) is 24.2 Å². The topological polar surface area (TPSA) is 72.2 Å². The fourth-order valence-electron chi connectivity index (χ4n) is 2.92. The van der Waals surface area contributed by atoms with Gasteiger partial charge < -0.3 is 11.1 Å². The number of nitrogens with one attached hydrogen (secondary N) is 1. The molecule has 115 valence electrons. The SMILES string of the molecule is CC(C)(C)C[C@H](N)C(=O)N[C@H]([C]=O)CC1CCCCC1. The number of hydrogen-bond acceptors (Lipinski definition) is 3. The average molecular weight is 281 g/mol. The zero-order chi connectivity index (χ0) is 15.2. The second kappa shape index (κ2) is 7.77. The Bertz CT molecular complexity index is 317. The lowest BCUT2D eigenvalue weighted by Crippen LogP contribution is -2.47. The molecule has 0 spiro atoms. The summed E-state index contributed by atoms with van der Waals surface area (Å²) in [5, 5.41) is 2.75. The second-order valence-electron chi connectivity index (χ2n) is 7.29. The van der Waals surface area contributed by atoms with Gasteiger partial charge in [-0.25, -0.2) is 0 Å². The van der Waals surface area contributed by atoms with Crippen LogP contribution in [-0.2, 0) is 9.59 Å². The van der Waals surface area contributed by atoms with Gasteiger partial charge in [0, 0.05) is 0 Å². The van der Waals surface area contributed by atoms with E-state index in [1.165, 1.54) is 19.3 Å². The zero-order valence-corrected chi connectivity index (χ0v) is 13.1. The normalized spacial score (nSPS) is 20.2. The minimum atomic E-state index is -0.558. The molecule has 2 atom stereocenters. The van der Waals surface area contributed by atoms with E-state index in [1.54, 1.807) is 0 Å². The molecular formula is C16H29N2O2. The summed E-state index contributed by atoms with van der Waals surface area (Å²) >= 11 is 0. The largest absolute Gasteiger partial charge is 0.344 e. The lowest BCUT2D eigenvalue weighted by molar-refractivity contribution is -0.123. The van der Waals surface area contributed by atoms with Crippen molar-refractivity contribution in [2.45, 2.75) is 77.8 Å². The van der Waals surface area contributed by atoms with Gasteiger partial charge in [-0.1, -0.05) is 52.9 Å². The van der Waals surface area contributed by atoms with Crippen LogP contribution in [0.5, 0.6) is 0 Å². The number of amides is 1. The van der Waals surface area contributed by atoms with Gasteiger partial charge >= 0.3 is 0 Å². The highest BCUT2D eigenvalue weighted by Gasteiger charge is 2.25. The molecular weight excluding hydrogens is 252 g/mol. The molecule has 0 saturated heterocycles. The first-order valence-electron chi connectivity index (χ1n) is 7.75. The summed E-state index contributed by atoms with van der Waals surface area (Å²) < 4.78 is 0. The van der Waals surface area contributed by atoms with Crippen molar-refractivity contribution >= 4 is 12.2 Å². The van der Waals surface area contributed by atoms with Crippen molar-refractivity contribution in [3.8, 4) is 0 Å². The molecule has 0 heterocycles. The molecule has 1 amide bonds. The first kappa shape index (κ1) is 17.2. The Labute approximate surface area is 122 Å². The molecule has 4 heteroatoms. The molecule has 0 aliphatic heterocycles. The summed E-state index contributed by atoms with van der Waals surface area (Å²) in [7, 11) is 0. The van der Waals surface area contributed by atoms with Gasteiger partial charge in [0.05, 0.1) is 12.1 Å². The van der Waals surface area contributed by atoms with Crippen molar-refractivity contribution in [3.05, 3.63) is 0 Å².